The van der Waals surface area contributed by atoms with E-state index in [1.54, 1.807) is 0 Å². The van der Waals surface area contributed by atoms with Crippen molar-refractivity contribution in [2.45, 2.75) is 38.3 Å². The van der Waals surface area contributed by atoms with E-state index < -0.39 is 12.1 Å². The largest absolute Gasteiger partial charge is 0.481 e. The van der Waals surface area contributed by atoms with Gasteiger partial charge in [0.05, 0.1) is 12.5 Å². The summed E-state index contributed by atoms with van der Waals surface area (Å²) >= 11 is 0. The minimum Gasteiger partial charge on any atom is -0.481 e. The maximum absolute atomic E-state index is 10.3. The summed E-state index contributed by atoms with van der Waals surface area (Å²) in [5.74, 6) is -0.956. The molecule has 5 heteroatoms. The van der Waals surface area contributed by atoms with Crippen LogP contribution in [0.3, 0.4) is 0 Å². The third-order valence-corrected chi connectivity index (χ3v) is 2.84. The van der Waals surface area contributed by atoms with E-state index in [0.29, 0.717) is 6.54 Å². The first kappa shape index (κ1) is 13.4. The molecule has 1 rings (SSSR count). The molecule has 1 unspecified atom stereocenters. The van der Waals surface area contributed by atoms with Gasteiger partial charge in [0.2, 0.25) is 0 Å². The highest BCUT2D eigenvalue weighted by atomic mass is 16.4. The minimum absolute atomic E-state index is 0.187. The standard InChI is InChI=1S/C11H22N2O3/c1-2-13(9-3-4-9)6-5-12-8-10(14)7-11(15)16/h9-10,12,14H,2-8H2,1H3,(H,15,16). The number of rotatable bonds is 9. The summed E-state index contributed by atoms with van der Waals surface area (Å²) in [6, 6.07) is 0.760. The van der Waals surface area contributed by atoms with Crippen molar-refractivity contribution in [3.05, 3.63) is 0 Å². The highest BCUT2D eigenvalue weighted by Crippen LogP contribution is 2.25. The molecule has 1 fully saturated rings. The fourth-order valence-corrected chi connectivity index (χ4v) is 1.80. The zero-order chi connectivity index (χ0) is 12.0. The number of carboxylic acids is 1. The lowest BCUT2D eigenvalue weighted by Gasteiger charge is -2.20. The van der Waals surface area contributed by atoms with Crippen molar-refractivity contribution in [2.24, 2.45) is 0 Å². The smallest absolute Gasteiger partial charge is 0.306 e. The van der Waals surface area contributed by atoms with Crippen LogP contribution < -0.4 is 5.32 Å². The van der Waals surface area contributed by atoms with Crippen LogP contribution in [0.4, 0.5) is 0 Å². The van der Waals surface area contributed by atoms with Gasteiger partial charge in [-0.1, -0.05) is 6.92 Å². The predicted molar refractivity (Wildman–Crippen MR) is 61.4 cm³/mol. The lowest BCUT2D eigenvalue weighted by atomic mass is 10.2. The van der Waals surface area contributed by atoms with Gasteiger partial charge in [0.1, 0.15) is 0 Å². The number of likely N-dealkylation sites (N-methyl/N-ethyl adjacent to an activating group) is 1. The van der Waals surface area contributed by atoms with Gasteiger partial charge in [-0.15, -0.1) is 0 Å². The summed E-state index contributed by atoms with van der Waals surface area (Å²) < 4.78 is 0. The molecule has 16 heavy (non-hydrogen) atoms. The number of aliphatic carboxylic acids is 1. The minimum atomic E-state index is -0.956. The van der Waals surface area contributed by atoms with Crippen LogP contribution in [0.25, 0.3) is 0 Å². The van der Waals surface area contributed by atoms with Crippen LogP contribution in [0.1, 0.15) is 26.2 Å². The summed E-state index contributed by atoms with van der Waals surface area (Å²) in [6.07, 6.45) is 1.63. The number of aliphatic hydroxyl groups excluding tert-OH is 1. The first-order chi connectivity index (χ1) is 7.63. The second kappa shape index (κ2) is 6.83. The van der Waals surface area contributed by atoms with E-state index in [-0.39, 0.29) is 6.42 Å². The number of nitrogens with zero attached hydrogens (tertiary/aromatic N) is 1. The van der Waals surface area contributed by atoms with Crippen molar-refractivity contribution in [1.82, 2.24) is 10.2 Å². The summed E-state index contributed by atoms with van der Waals surface area (Å²) in [6.45, 7) is 5.35. The lowest BCUT2D eigenvalue weighted by Crippen LogP contribution is -2.36. The van der Waals surface area contributed by atoms with Gasteiger partial charge in [0, 0.05) is 25.7 Å². The van der Waals surface area contributed by atoms with Gasteiger partial charge < -0.3 is 15.5 Å². The van der Waals surface area contributed by atoms with Crippen LogP contribution in [0.15, 0.2) is 0 Å². The molecule has 5 nitrogen and oxygen atoms in total. The molecule has 94 valence electrons. The molecule has 0 spiro atoms. The molecule has 0 saturated heterocycles. The van der Waals surface area contributed by atoms with E-state index in [2.05, 4.69) is 17.1 Å². The average Bonchev–Trinajstić information content (AvgIpc) is 3.00. The first-order valence-corrected chi connectivity index (χ1v) is 5.98. The number of hydrogen-bond donors (Lipinski definition) is 3. The molecule has 1 saturated carbocycles. The van der Waals surface area contributed by atoms with Crippen LogP contribution in [-0.4, -0.2) is 59.4 Å². The molecule has 3 N–H and O–H groups in total. The molecule has 0 aromatic rings. The Labute approximate surface area is 96.4 Å². The van der Waals surface area contributed by atoms with Gasteiger partial charge in [0.25, 0.3) is 0 Å². The Kier molecular flexibility index (Phi) is 5.73. The van der Waals surface area contributed by atoms with Crippen molar-refractivity contribution in [2.75, 3.05) is 26.2 Å². The second-order valence-corrected chi connectivity index (χ2v) is 4.32. The molecule has 0 heterocycles. The first-order valence-electron chi connectivity index (χ1n) is 5.98. The number of carboxylic acid groups (broad SMARTS) is 1. The molecule has 1 atom stereocenters. The summed E-state index contributed by atoms with van der Waals surface area (Å²) in [4.78, 5) is 12.7. The molecule has 0 aromatic heterocycles. The number of nitrogens with one attached hydrogen (secondary N) is 1. The van der Waals surface area contributed by atoms with Crippen LogP contribution in [0.2, 0.25) is 0 Å². The van der Waals surface area contributed by atoms with Gasteiger partial charge in [-0.05, 0) is 19.4 Å². The summed E-state index contributed by atoms with van der Waals surface area (Å²) in [5.41, 5.74) is 0. The van der Waals surface area contributed by atoms with E-state index >= 15 is 0 Å². The Morgan fingerprint density at radius 3 is 2.75 bits per heavy atom. The van der Waals surface area contributed by atoms with E-state index in [9.17, 15) is 9.90 Å². The number of hydrogen-bond acceptors (Lipinski definition) is 4. The third-order valence-electron chi connectivity index (χ3n) is 2.84. The van der Waals surface area contributed by atoms with Crippen LogP contribution in [0, 0.1) is 0 Å². The van der Waals surface area contributed by atoms with Gasteiger partial charge >= 0.3 is 5.97 Å². The lowest BCUT2D eigenvalue weighted by molar-refractivity contribution is -0.139. The average molecular weight is 230 g/mol. The zero-order valence-corrected chi connectivity index (χ0v) is 9.85. The van der Waals surface area contributed by atoms with Crippen molar-refractivity contribution >= 4 is 5.97 Å². The normalized spacial score (nSPS) is 17.7. The highest BCUT2D eigenvalue weighted by molar-refractivity contribution is 5.67. The number of aliphatic hydroxyl groups is 1. The molecule has 0 bridgehead atoms. The highest BCUT2D eigenvalue weighted by Gasteiger charge is 2.27. The van der Waals surface area contributed by atoms with Gasteiger partial charge in [-0.3, -0.25) is 9.69 Å². The number of carbonyl (C=O) groups is 1. The molecule has 0 aliphatic heterocycles. The van der Waals surface area contributed by atoms with E-state index in [1.165, 1.54) is 12.8 Å². The van der Waals surface area contributed by atoms with Crippen molar-refractivity contribution in [3.8, 4) is 0 Å². The molecular weight excluding hydrogens is 208 g/mol. The van der Waals surface area contributed by atoms with E-state index in [1.807, 2.05) is 0 Å². The molecule has 1 aliphatic carbocycles. The van der Waals surface area contributed by atoms with Crippen molar-refractivity contribution < 1.29 is 15.0 Å². The van der Waals surface area contributed by atoms with Gasteiger partial charge in [-0.25, -0.2) is 0 Å². The summed E-state index contributed by atoms with van der Waals surface area (Å²) in [5, 5.41) is 20.8. The van der Waals surface area contributed by atoms with Crippen molar-refractivity contribution in [1.29, 1.82) is 0 Å². The maximum Gasteiger partial charge on any atom is 0.306 e. The topological polar surface area (TPSA) is 72.8 Å². The van der Waals surface area contributed by atoms with Crippen LogP contribution >= 0.6 is 0 Å². The Hall–Kier alpha value is -0.650. The monoisotopic (exact) mass is 230 g/mol. The van der Waals surface area contributed by atoms with E-state index in [4.69, 9.17) is 5.11 Å². The Balaban J connectivity index is 1.99. The Morgan fingerprint density at radius 2 is 2.25 bits per heavy atom. The fraction of sp³-hybridized carbons (Fsp3) is 0.909. The van der Waals surface area contributed by atoms with Crippen molar-refractivity contribution in [3.63, 3.8) is 0 Å². The predicted octanol–water partition coefficient (Wildman–Crippen LogP) is -0.104. The summed E-state index contributed by atoms with van der Waals surface area (Å²) in [7, 11) is 0. The third kappa shape index (κ3) is 5.44. The molecule has 0 radical (unpaired) electrons. The van der Waals surface area contributed by atoms with Gasteiger partial charge in [-0.2, -0.15) is 0 Å². The molecule has 0 aromatic carbocycles. The molecule has 0 amide bonds. The molecular formula is C11H22N2O3. The van der Waals surface area contributed by atoms with Crippen LogP contribution in [0.5, 0.6) is 0 Å². The van der Waals surface area contributed by atoms with E-state index in [0.717, 1.165) is 25.7 Å². The Bertz CT molecular complexity index is 219. The second-order valence-electron chi connectivity index (χ2n) is 4.32. The zero-order valence-electron chi connectivity index (χ0n) is 9.85. The maximum atomic E-state index is 10.3. The van der Waals surface area contributed by atoms with Gasteiger partial charge in [0.15, 0.2) is 0 Å². The molecule has 1 aliphatic rings. The fourth-order valence-electron chi connectivity index (χ4n) is 1.80. The quantitative estimate of drug-likeness (QED) is 0.482. The van der Waals surface area contributed by atoms with Crippen LogP contribution in [-0.2, 0) is 4.79 Å². The Morgan fingerprint density at radius 1 is 1.56 bits per heavy atom. The SMILES string of the molecule is CCN(CCNCC(O)CC(=O)O)C1CC1.